The molecule has 0 aliphatic carbocycles. The molecule has 0 bridgehead atoms. The number of benzene rings is 2. The van der Waals surface area contributed by atoms with Crippen molar-refractivity contribution in [3.63, 3.8) is 0 Å². The molecule has 8 nitrogen and oxygen atoms in total. The van der Waals surface area contributed by atoms with Gasteiger partial charge in [0.1, 0.15) is 18.1 Å². The van der Waals surface area contributed by atoms with E-state index in [0.717, 1.165) is 11.6 Å². The van der Waals surface area contributed by atoms with Gasteiger partial charge in [-0.3, -0.25) is 4.90 Å². The number of aromatic hydroxyl groups is 2. The molecule has 30 heavy (non-hydrogen) atoms. The van der Waals surface area contributed by atoms with E-state index in [1.54, 1.807) is 6.92 Å². The molecule has 1 aliphatic rings. The Morgan fingerprint density at radius 2 is 1.87 bits per heavy atom. The molecule has 0 radical (unpaired) electrons. The molecule has 8 heteroatoms. The Labute approximate surface area is 174 Å². The first-order valence-electron chi connectivity index (χ1n) is 9.43. The Bertz CT molecular complexity index is 957. The van der Waals surface area contributed by atoms with E-state index in [2.05, 4.69) is 5.32 Å². The number of allylic oxidation sites excluding steroid dienone is 1. The van der Waals surface area contributed by atoms with E-state index in [4.69, 9.17) is 9.47 Å². The molecule has 3 rings (SSSR count). The van der Waals surface area contributed by atoms with Crippen molar-refractivity contribution in [2.45, 2.75) is 19.5 Å². The van der Waals surface area contributed by atoms with Gasteiger partial charge in [0.25, 0.3) is 0 Å². The molecule has 2 aromatic rings. The fourth-order valence-electron chi connectivity index (χ4n) is 3.31. The number of amides is 2. The molecular weight excluding hydrogens is 388 g/mol. The average Bonchev–Trinajstić information content (AvgIpc) is 2.71. The van der Waals surface area contributed by atoms with Crippen LogP contribution in [-0.4, -0.2) is 47.4 Å². The number of hydrogen-bond donors (Lipinski definition) is 3. The van der Waals surface area contributed by atoms with E-state index in [1.165, 1.54) is 24.1 Å². The molecule has 0 fully saturated rings. The van der Waals surface area contributed by atoms with Crippen LogP contribution in [0.25, 0.3) is 0 Å². The van der Waals surface area contributed by atoms with Crippen LogP contribution in [0.15, 0.2) is 59.8 Å². The molecule has 0 saturated heterocycles. The van der Waals surface area contributed by atoms with Gasteiger partial charge in [-0.2, -0.15) is 0 Å². The monoisotopic (exact) mass is 412 g/mol. The fraction of sp³-hybridized carbons (Fsp3) is 0.273. The van der Waals surface area contributed by atoms with E-state index in [9.17, 15) is 19.8 Å². The number of nitrogens with zero attached hydrogens (tertiary/aromatic N) is 1. The number of phenolic OH excluding ortho intramolecular Hbond substituents is 2. The fourth-order valence-corrected chi connectivity index (χ4v) is 3.31. The molecule has 158 valence electrons. The predicted molar refractivity (Wildman–Crippen MR) is 109 cm³/mol. The number of methoxy groups -OCH3 is 1. The summed E-state index contributed by atoms with van der Waals surface area (Å²) < 4.78 is 10.2. The number of ether oxygens (including phenoxy) is 2. The Hall–Kier alpha value is -3.52. The van der Waals surface area contributed by atoms with Gasteiger partial charge in [0.15, 0.2) is 0 Å². The van der Waals surface area contributed by atoms with Crippen molar-refractivity contribution in [3.8, 4) is 11.5 Å². The first-order chi connectivity index (χ1) is 14.4. The van der Waals surface area contributed by atoms with Crippen LogP contribution in [0.2, 0.25) is 0 Å². The molecule has 3 N–H and O–H groups in total. The third-order valence-corrected chi connectivity index (χ3v) is 4.85. The first kappa shape index (κ1) is 21.2. The summed E-state index contributed by atoms with van der Waals surface area (Å²) in [5.41, 5.74) is 1.79. The van der Waals surface area contributed by atoms with E-state index < -0.39 is 18.0 Å². The van der Waals surface area contributed by atoms with Gasteiger partial charge in [0.2, 0.25) is 0 Å². The number of phenols is 2. The molecule has 1 aliphatic heterocycles. The highest BCUT2D eigenvalue weighted by Crippen LogP contribution is 2.37. The minimum Gasteiger partial charge on any atom is -0.508 e. The Morgan fingerprint density at radius 3 is 2.53 bits per heavy atom. The summed E-state index contributed by atoms with van der Waals surface area (Å²) in [5, 5.41) is 22.7. The number of urea groups is 1. The van der Waals surface area contributed by atoms with Crippen molar-refractivity contribution >= 4 is 12.0 Å². The van der Waals surface area contributed by atoms with Crippen LogP contribution in [0.3, 0.4) is 0 Å². The van der Waals surface area contributed by atoms with Gasteiger partial charge in [-0.05, 0) is 24.6 Å². The second-order valence-electron chi connectivity index (χ2n) is 6.83. The zero-order valence-corrected chi connectivity index (χ0v) is 16.8. The van der Waals surface area contributed by atoms with Gasteiger partial charge in [-0.1, -0.05) is 30.3 Å². The number of esters is 1. The van der Waals surface area contributed by atoms with Gasteiger partial charge in [0, 0.05) is 24.4 Å². The van der Waals surface area contributed by atoms with Gasteiger partial charge in [0.05, 0.1) is 24.8 Å². The second kappa shape index (κ2) is 9.32. The summed E-state index contributed by atoms with van der Waals surface area (Å²) in [7, 11) is 1.50. The summed E-state index contributed by atoms with van der Waals surface area (Å²) in [6.07, 6.45) is 0. The normalized spacial score (nSPS) is 16.4. The van der Waals surface area contributed by atoms with Crippen LogP contribution >= 0.6 is 0 Å². The molecule has 0 spiro atoms. The van der Waals surface area contributed by atoms with Crippen molar-refractivity contribution in [2.75, 3.05) is 20.3 Å². The topological polar surface area (TPSA) is 108 Å². The molecule has 1 atom stereocenters. The highest BCUT2D eigenvalue weighted by Gasteiger charge is 2.37. The van der Waals surface area contributed by atoms with E-state index in [1.807, 2.05) is 30.3 Å². The maximum atomic E-state index is 12.9. The first-order valence-corrected chi connectivity index (χ1v) is 9.43. The van der Waals surface area contributed by atoms with E-state index >= 15 is 0 Å². The SMILES string of the molecule is COCCOC(=O)C1=C(C)N(Cc2ccccc2)C(=O)N[C@H]1c1ccc(O)cc1O. The molecule has 2 aromatic carbocycles. The minimum atomic E-state index is -0.930. The zero-order chi connectivity index (χ0) is 21.7. The number of rotatable bonds is 7. The Morgan fingerprint density at radius 1 is 1.13 bits per heavy atom. The summed E-state index contributed by atoms with van der Waals surface area (Å²) in [6, 6.07) is 12.0. The molecular formula is C22H24N2O6. The number of nitrogens with one attached hydrogen (secondary N) is 1. The van der Waals surface area contributed by atoms with Crippen LogP contribution in [0.5, 0.6) is 11.5 Å². The smallest absolute Gasteiger partial charge is 0.338 e. The number of hydrogen-bond acceptors (Lipinski definition) is 6. The third-order valence-electron chi connectivity index (χ3n) is 4.85. The molecule has 1 heterocycles. The summed E-state index contributed by atoms with van der Waals surface area (Å²) in [6.45, 7) is 2.21. The van der Waals surface area contributed by atoms with Crippen molar-refractivity contribution < 1.29 is 29.3 Å². The van der Waals surface area contributed by atoms with Gasteiger partial charge in [-0.25, -0.2) is 9.59 Å². The molecule has 0 aromatic heterocycles. The summed E-state index contributed by atoms with van der Waals surface area (Å²) >= 11 is 0. The maximum absolute atomic E-state index is 12.9. The summed E-state index contributed by atoms with van der Waals surface area (Å²) in [4.78, 5) is 27.2. The lowest BCUT2D eigenvalue weighted by Gasteiger charge is -2.35. The summed E-state index contributed by atoms with van der Waals surface area (Å²) in [5.74, 6) is -0.999. The number of carbonyl (C=O) groups is 2. The Kier molecular flexibility index (Phi) is 6.58. The lowest BCUT2D eigenvalue weighted by molar-refractivity contribution is -0.140. The van der Waals surface area contributed by atoms with Crippen LogP contribution in [0.1, 0.15) is 24.1 Å². The highest BCUT2D eigenvalue weighted by molar-refractivity contribution is 5.95. The van der Waals surface area contributed by atoms with Crippen molar-refractivity contribution in [1.82, 2.24) is 10.2 Å². The van der Waals surface area contributed by atoms with Crippen molar-refractivity contribution in [1.29, 1.82) is 0 Å². The number of carbonyl (C=O) groups excluding carboxylic acids is 2. The van der Waals surface area contributed by atoms with Crippen molar-refractivity contribution in [2.24, 2.45) is 0 Å². The highest BCUT2D eigenvalue weighted by atomic mass is 16.6. The van der Waals surface area contributed by atoms with Crippen LogP contribution < -0.4 is 5.32 Å². The van der Waals surface area contributed by atoms with Gasteiger partial charge in [-0.15, -0.1) is 0 Å². The lowest BCUT2D eigenvalue weighted by atomic mass is 9.94. The van der Waals surface area contributed by atoms with Crippen LogP contribution in [0, 0.1) is 0 Å². The maximum Gasteiger partial charge on any atom is 0.338 e. The van der Waals surface area contributed by atoms with Crippen LogP contribution in [-0.2, 0) is 20.8 Å². The van der Waals surface area contributed by atoms with Gasteiger partial charge < -0.3 is 25.0 Å². The van der Waals surface area contributed by atoms with E-state index in [-0.39, 0.29) is 42.4 Å². The zero-order valence-electron chi connectivity index (χ0n) is 16.8. The molecule has 0 unspecified atom stereocenters. The predicted octanol–water partition coefficient (Wildman–Crippen LogP) is 2.83. The minimum absolute atomic E-state index is 0.0486. The van der Waals surface area contributed by atoms with E-state index in [0.29, 0.717) is 5.70 Å². The lowest BCUT2D eigenvalue weighted by Crippen LogP contribution is -2.47. The average molecular weight is 412 g/mol. The van der Waals surface area contributed by atoms with Crippen LogP contribution in [0.4, 0.5) is 4.79 Å². The second-order valence-corrected chi connectivity index (χ2v) is 6.83. The Balaban J connectivity index is 2.01. The quantitative estimate of drug-likeness (QED) is 0.477. The largest absolute Gasteiger partial charge is 0.508 e. The molecule has 2 amide bonds. The third kappa shape index (κ3) is 4.55. The standard InChI is InChI=1S/C22H24N2O6/c1-14-19(21(27)30-11-10-29-2)20(17-9-8-16(25)12-18(17)26)23-22(28)24(14)13-15-6-4-3-5-7-15/h3-9,12,20,25-26H,10-11,13H2,1-2H3,(H,23,28)/t20-/m0/s1. The molecule has 0 saturated carbocycles. The van der Waals surface area contributed by atoms with Gasteiger partial charge >= 0.3 is 12.0 Å². The van der Waals surface area contributed by atoms with Crippen molar-refractivity contribution in [3.05, 3.63) is 70.9 Å².